The summed E-state index contributed by atoms with van der Waals surface area (Å²) in [5, 5.41) is 0. The van der Waals surface area contributed by atoms with E-state index < -0.39 is 28.9 Å². The summed E-state index contributed by atoms with van der Waals surface area (Å²) in [4.78, 5) is 13.6. The Hall–Kier alpha value is -1.56. The molecule has 0 saturated carbocycles. The Morgan fingerprint density at radius 3 is 2.25 bits per heavy atom. The molecule has 0 atom stereocenters. The lowest BCUT2D eigenvalue weighted by Crippen LogP contribution is -2.37. The first-order valence-corrected chi connectivity index (χ1v) is 6.50. The van der Waals surface area contributed by atoms with Crippen LogP contribution in [0.3, 0.4) is 0 Å². The molecule has 112 valence electrons. The Morgan fingerprint density at radius 2 is 1.80 bits per heavy atom. The van der Waals surface area contributed by atoms with Gasteiger partial charge in [0.05, 0.1) is 0 Å². The van der Waals surface area contributed by atoms with Crippen LogP contribution in [-0.2, 0) is 0 Å². The van der Waals surface area contributed by atoms with E-state index in [4.69, 9.17) is 5.73 Å². The standard InChI is InChI=1S/C14H19F3N2O/c1-9(2)8-19(5-3-4-18)14(20)13-11(16)6-10(15)7-12(13)17/h6-7,9H,3-5,8,18H2,1-2H3. The highest BCUT2D eigenvalue weighted by atomic mass is 19.1. The molecule has 0 aromatic heterocycles. The number of carbonyl (C=O) groups is 1. The van der Waals surface area contributed by atoms with Gasteiger partial charge >= 0.3 is 0 Å². The fourth-order valence-corrected chi connectivity index (χ4v) is 1.90. The minimum atomic E-state index is -1.19. The van der Waals surface area contributed by atoms with Crippen LogP contribution in [0.15, 0.2) is 12.1 Å². The van der Waals surface area contributed by atoms with Crippen molar-refractivity contribution >= 4 is 5.91 Å². The third kappa shape index (κ3) is 4.23. The normalized spacial score (nSPS) is 10.9. The molecular formula is C14H19F3N2O. The number of amides is 1. The average Bonchev–Trinajstić information content (AvgIpc) is 2.32. The molecule has 0 bridgehead atoms. The van der Waals surface area contributed by atoms with Crippen molar-refractivity contribution in [3.05, 3.63) is 35.1 Å². The fourth-order valence-electron chi connectivity index (χ4n) is 1.90. The molecule has 20 heavy (non-hydrogen) atoms. The molecule has 0 aliphatic carbocycles. The van der Waals surface area contributed by atoms with Gasteiger partial charge in [-0.1, -0.05) is 13.8 Å². The summed E-state index contributed by atoms with van der Waals surface area (Å²) in [5.74, 6) is -4.05. The van der Waals surface area contributed by atoms with Gasteiger partial charge in [-0.15, -0.1) is 0 Å². The third-order valence-corrected chi connectivity index (χ3v) is 2.73. The van der Waals surface area contributed by atoms with E-state index in [1.807, 2.05) is 13.8 Å². The first-order valence-electron chi connectivity index (χ1n) is 6.50. The zero-order chi connectivity index (χ0) is 15.3. The molecule has 1 aromatic carbocycles. The zero-order valence-corrected chi connectivity index (χ0v) is 11.6. The van der Waals surface area contributed by atoms with Crippen molar-refractivity contribution in [2.24, 2.45) is 11.7 Å². The number of rotatable bonds is 6. The first kappa shape index (κ1) is 16.5. The maximum absolute atomic E-state index is 13.6. The van der Waals surface area contributed by atoms with Crippen molar-refractivity contribution in [2.45, 2.75) is 20.3 Å². The van der Waals surface area contributed by atoms with Gasteiger partial charge in [0, 0.05) is 25.2 Å². The van der Waals surface area contributed by atoms with Crippen LogP contribution in [0.5, 0.6) is 0 Å². The molecule has 1 rings (SSSR count). The summed E-state index contributed by atoms with van der Waals surface area (Å²) in [7, 11) is 0. The van der Waals surface area contributed by atoms with Crippen molar-refractivity contribution in [1.82, 2.24) is 4.90 Å². The number of halogens is 3. The maximum Gasteiger partial charge on any atom is 0.259 e. The average molecular weight is 288 g/mol. The minimum absolute atomic E-state index is 0.142. The molecule has 1 amide bonds. The number of hydrogen-bond donors (Lipinski definition) is 1. The smallest absolute Gasteiger partial charge is 0.259 e. The van der Waals surface area contributed by atoms with Crippen LogP contribution >= 0.6 is 0 Å². The van der Waals surface area contributed by atoms with E-state index in [1.54, 1.807) is 0 Å². The molecule has 2 N–H and O–H groups in total. The maximum atomic E-state index is 13.6. The lowest BCUT2D eigenvalue weighted by atomic mass is 10.1. The van der Waals surface area contributed by atoms with Crippen LogP contribution in [-0.4, -0.2) is 30.4 Å². The number of hydrogen-bond acceptors (Lipinski definition) is 2. The fraction of sp³-hybridized carbons (Fsp3) is 0.500. The molecule has 0 unspecified atom stereocenters. The summed E-state index contributed by atoms with van der Waals surface area (Å²) < 4.78 is 40.1. The van der Waals surface area contributed by atoms with Gasteiger partial charge in [-0.25, -0.2) is 13.2 Å². The van der Waals surface area contributed by atoms with Gasteiger partial charge < -0.3 is 10.6 Å². The quantitative estimate of drug-likeness (QED) is 0.874. The van der Waals surface area contributed by atoms with Gasteiger partial charge in [0.15, 0.2) is 0 Å². The third-order valence-electron chi connectivity index (χ3n) is 2.73. The summed E-state index contributed by atoms with van der Waals surface area (Å²) in [6.45, 7) is 4.81. The van der Waals surface area contributed by atoms with Crippen LogP contribution in [0.2, 0.25) is 0 Å². The van der Waals surface area contributed by atoms with E-state index in [1.165, 1.54) is 4.90 Å². The van der Waals surface area contributed by atoms with Crippen molar-refractivity contribution in [3.63, 3.8) is 0 Å². The van der Waals surface area contributed by atoms with E-state index in [-0.39, 0.29) is 5.92 Å². The van der Waals surface area contributed by atoms with Gasteiger partial charge in [-0.05, 0) is 18.9 Å². The summed E-state index contributed by atoms with van der Waals surface area (Å²) in [6, 6.07) is 1.01. The van der Waals surface area contributed by atoms with Gasteiger partial charge in [0.2, 0.25) is 0 Å². The lowest BCUT2D eigenvalue weighted by molar-refractivity contribution is 0.0725. The van der Waals surface area contributed by atoms with Crippen molar-refractivity contribution in [1.29, 1.82) is 0 Å². The Bertz CT molecular complexity index is 454. The molecule has 0 spiro atoms. The molecule has 0 aliphatic rings. The van der Waals surface area contributed by atoms with Crippen LogP contribution in [0.4, 0.5) is 13.2 Å². The lowest BCUT2D eigenvalue weighted by Gasteiger charge is -2.25. The Labute approximate surface area is 116 Å². The zero-order valence-electron chi connectivity index (χ0n) is 11.6. The minimum Gasteiger partial charge on any atom is -0.338 e. The van der Waals surface area contributed by atoms with Gasteiger partial charge in [0.1, 0.15) is 23.0 Å². The molecule has 0 fully saturated rings. The van der Waals surface area contributed by atoms with Gasteiger partial charge in [0.25, 0.3) is 5.91 Å². The molecule has 0 heterocycles. The van der Waals surface area contributed by atoms with Crippen molar-refractivity contribution in [2.75, 3.05) is 19.6 Å². The van der Waals surface area contributed by atoms with E-state index >= 15 is 0 Å². The molecule has 0 aliphatic heterocycles. The SMILES string of the molecule is CC(C)CN(CCCN)C(=O)c1c(F)cc(F)cc1F. The largest absolute Gasteiger partial charge is 0.338 e. The second-order valence-corrected chi connectivity index (χ2v) is 5.03. The highest BCUT2D eigenvalue weighted by Gasteiger charge is 2.24. The van der Waals surface area contributed by atoms with Crippen LogP contribution < -0.4 is 5.73 Å². The summed E-state index contributed by atoms with van der Waals surface area (Å²) in [5.41, 5.74) is 4.67. The second kappa shape index (κ2) is 7.28. The van der Waals surface area contributed by atoms with E-state index in [0.717, 1.165) is 0 Å². The predicted molar refractivity (Wildman–Crippen MR) is 70.7 cm³/mol. The van der Waals surface area contributed by atoms with E-state index in [9.17, 15) is 18.0 Å². The molecule has 0 saturated heterocycles. The molecule has 6 heteroatoms. The van der Waals surface area contributed by atoms with E-state index in [2.05, 4.69) is 0 Å². The first-order chi connectivity index (χ1) is 9.36. The number of nitrogens with zero attached hydrogens (tertiary/aromatic N) is 1. The Kier molecular flexibility index (Phi) is 6.01. The number of benzene rings is 1. The topological polar surface area (TPSA) is 46.3 Å². The van der Waals surface area contributed by atoms with Gasteiger partial charge in [-0.2, -0.15) is 0 Å². The van der Waals surface area contributed by atoms with Crippen LogP contribution in [0.25, 0.3) is 0 Å². The molecular weight excluding hydrogens is 269 g/mol. The highest BCUT2D eigenvalue weighted by Crippen LogP contribution is 2.18. The molecule has 0 radical (unpaired) electrons. The van der Waals surface area contributed by atoms with E-state index in [0.29, 0.717) is 38.2 Å². The van der Waals surface area contributed by atoms with Crippen molar-refractivity contribution < 1.29 is 18.0 Å². The summed E-state index contributed by atoms with van der Waals surface area (Å²) >= 11 is 0. The van der Waals surface area contributed by atoms with Gasteiger partial charge in [-0.3, -0.25) is 4.79 Å². The Morgan fingerprint density at radius 1 is 1.25 bits per heavy atom. The Balaban J connectivity index is 3.05. The summed E-state index contributed by atoms with van der Waals surface area (Å²) in [6.07, 6.45) is 0.531. The van der Waals surface area contributed by atoms with Crippen LogP contribution in [0.1, 0.15) is 30.6 Å². The molecule has 1 aromatic rings. The monoisotopic (exact) mass is 288 g/mol. The second-order valence-electron chi connectivity index (χ2n) is 5.03. The van der Waals surface area contributed by atoms with Crippen LogP contribution in [0, 0.1) is 23.4 Å². The predicted octanol–water partition coefficient (Wildman–Crippen LogP) is 2.55. The highest BCUT2D eigenvalue weighted by molar-refractivity contribution is 5.94. The van der Waals surface area contributed by atoms with Crippen molar-refractivity contribution in [3.8, 4) is 0 Å². The number of carbonyl (C=O) groups excluding carboxylic acids is 1. The molecule has 3 nitrogen and oxygen atoms in total. The number of nitrogens with two attached hydrogens (primary N) is 1.